The van der Waals surface area contributed by atoms with Crippen LogP contribution in [0, 0.1) is 0 Å². The maximum absolute atomic E-state index is 10.1. The van der Waals surface area contributed by atoms with Crippen molar-refractivity contribution < 1.29 is 33.4 Å². The minimum atomic E-state index is -1.75. The molecular formula is C16H42N2O7Si4. The highest BCUT2D eigenvalue weighted by Crippen LogP contribution is 2.22. The minimum Gasteiger partial charge on any atom is -0.462 e. The number of primary amides is 2. The molecule has 29 heavy (non-hydrogen) atoms. The molecule has 0 aliphatic heterocycles. The summed E-state index contributed by atoms with van der Waals surface area (Å²) in [6.07, 6.45) is 4.37. The topological polar surface area (TPSA) is 154 Å². The van der Waals surface area contributed by atoms with Crippen LogP contribution in [0.25, 0.3) is 0 Å². The SMILES string of the molecule is C=COC(N)=O.C=COC(N)=O.CCCC(O)([SiH3])[Si](C)(C)O[SiH3].CCCC(O)[SiH3]. The van der Waals surface area contributed by atoms with E-state index < -0.39 is 25.4 Å². The molecule has 0 spiro atoms. The van der Waals surface area contributed by atoms with Crippen LogP contribution in [0.4, 0.5) is 9.59 Å². The zero-order chi connectivity index (χ0) is 24.1. The Morgan fingerprint density at radius 3 is 1.62 bits per heavy atom. The number of hydrogen-bond acceptors (Lipinski definition) is 7. The lowest BCUT2D eigenvalue weighted by Crippen LogP contribution is -2.56. The highest BCUT2D eigenvalue weighted by molar-refractivity contribution is 6.82. The van der Waals surface area contributed by atoms with Crippen molar-refractivity contribution >= 4 is 51.5 Å². The van der Waals surface area contributed by atoms with Crippen molar-refractivity contribution in [2.45, 2.75) is 63.2 Å². The summed E-state index contributed by atoms with van der Waals surface area (Å²) in [5, 5.41) is 18.7. The Bertz CT molecular complexity index is 431. The highest BCUT2D eigenvalue weighted by Gasteiger charge is 2.40. The molecule has 9 nitrogen and oxygen atoms in total. The molecule has 0 heterocycles. The van der Waals surface area contributed by atoms with E-state index in [2.05, 4.69) is 61.0 Å². The Morgan fingerprint density at radius 2 is 1.52 bits per heavy atom. The first-order valence-corrected chi connectivity index (χ1v) is 15.2. The number of ether oxygens (including phenoxy) is 2. The van der Waals surface area contributed by atoms with E-state index in [1.165, 1.54) is 0 Å². The fourth-order valence-corrected chi connectivity index (χ4v) is 7.12. The predicted molar refractivity (Wildman–Crippen MR) is 131 cm³/mol. The van der Waals surface area contributed by atoms with Crippen molar-refractivity contribution in [3.63, 3.8) is 0 Å². The van der Waals surface area contributed by atoms with Gasteiger partial charge in [0.25, 0.3) is 0 Å². The van der Waals surface area contributed by atoms with Gasteiger partial charge in [-0.05, 0) is 25.9 Å². The van der Waals surface area contributed by atoms with Crippen LogP contribution in [-0.2, 0) is 13.6 Å². The predicted octanol–water partition coefficient (Wildman–Crippen LogP) is -1.20. The summed E-state index contributed by atoms with van der Waals surface area (Å²) in [7, 11) is 0.787. The molecule has 0 aromatic heterocycles. The number of nitrogens with two attached hydrogens (primary N) is 2. The van der Waals surface area contributed by atoms with E-state index >= 15 is 0 Å². The molecule has 0 saturated carbocycles. The zero-order valence-electron chi connectivity index (χ0n) is 19.1. The van der Waals surface area contributed by atoms with Gasteiger partial charge in [-0.3, -0.25) is 0 Å². The fraction of sp³-hybridized carbons (Fsp3) is 0.625. The van der Waals surface area contributed by atoms with Crippen molar-refractivity contribution in [2.24, 2.45) is 11.5 Å². The lowest BCUT2D eigenvalue weighted by Gasteiger charge is -2.37. The number of amides is 2. The van der Waals surface area contributed by atoms with Crippen molar-refractivity contribution in [2.75, 3.05) is 0 Å². The van der Waals surface area contributed by atoms with Gasteiger partial charge in [0.2, 0.25) is 8.32 Å². The molecule has 0 aromatic rings. The summed E-state index contributed by atoms with van der Waals surface area (Å²) in [6, 6.07) is 0. The van der Waals surface area contributed by atoms with E-state index in [1.54, 1.807) is 0 Å². The van der Waals surface area contributed by atoms with E-state index in [0.29, 0.717) is 0 Å². The van der Waals surface area contributed by atoms with Gasteiger partial charge in [0, 0.05) is 26.2 Å². The second kappa shape index (κ2) is 21.5. The van der Waals surface area contributed by atoms with E-state index in [1.807, 2.05) is 0 Å². The van der Waals surface area contributed by atoms with Crippen molar-refractivity contribution in [1.82, 2.24) is 0 Å². The van der Waals surface area contributed by atoms with E-state index in [0.717, 1.165) is 69.2 Å². The number of rotatable bonds is 8. The van der Waals surface area contributed by atoms with Crippen LogP contribution in [0.1, 0.15) is 39.5 Å². The molecule has 13 heteroatoms. The third-order valence-electron chi connectivity index (χ3n) is 3.65. The number of carbonyl (C=O) groups excluding carboxylic acids is 2. The largest absolute Gasteiger partial charge is 0.462 e. The van der Waals surface area contributed by atoms with Crippen molar-refractivity contribution in [3.8, 4) is 0 Å². The van der Waals surface area contributed by atoms with Crippen LogP contribution in [-0.4, -0.2) is 72.3 Å². The molecule has 2 amide bonds. The van der Waals surface area contributed by atoms with Crippen LogP contribution in [0.15, 0.2) is 25.7 Å². The highest BCUT2D eigenvalue weighted by atomic mass is 28.4. The van der Waals surface area contributed by atoms with Gasteiger partial charge in [-0.25, -0.2) is 9.59 Å². The maximum Gasteiger partial charge on any atom is 0.409 e. The molecule has 0 saturated heterocycles. The molecule has 2 unspecified atom stereocenters. The van der Waals surface area contributed by atoms with Gasteiger partial charge >= 0.3 is 12.2 Å². The molecule has 6 N–H and O–H groups in total. The quantitative estimate of drug-likeness (QED) is 0.248. The molecule has 0 rings (SSSR count). The van der Waals surface area contributed by atoms with Crippen molar-refractivity contribution in [3.05, 3.63) is 25.7 Å². The Labute approximate surface area is 185 Å². The molecule has 2 atom stereocenters. The number of aliphatic hydroxyl groups is 2. The van der Waals surface area contributed by atoms with Crippen LogP contribution < -0.4 is 11.5 Å². The molecular weight excluding hydrogens is 445 g/mol. The van der Waals surface area contributed by atoms with Crippen LogP contribution in [0.2, 0.25) is 13.1 Å². The summed E-state index contributed by atoms with van der Waals surface area (Å²) < 4.78 is 13.4. The van der Waals surface area contributed by atoms with Crippen LogP contribution in [0.3, 0.4) is 0 Å². The monoisotopic (exact) mass is 486 g/mol. The van der Waals surface area contributed by atoms with E-state index in [9.17, 15) is 14.7 Å². The molecule has 0 radical (unpaired) electrons. The van der Waals surface area contributed by atoms with Gasteiger partial charge in [0.15, 0.2) is 0 Å². The third-order valence-corrected chi connectivity index (χ3v) is 15.3. The molecule has 0 aliphatic carbocycles. The van der Waals surface area contributed by atoms with Crippen molar-refractivity contribution in [1.29, 1.82) is 0 Å². The first-order valence-electron chi connectivity index (χ1n) is 9.28. The third kappa shape index (κ3) is 29.1. The average molecular weight is 487 g/mol. The second-order valence-corrected chi connectivity index (χ2v) is 16.3. The maximum atomic E-state index is 10.1. The van der Waals surface area contributed by atoms with Gasteiger partial charge < -0.3 is 35.3 Å². The Kier molecular flexibility index (Phi) is 26.1. The first-order chi connectivity index (χ1) is 13.2. The van der Waals surface area contributed by atoms with E-state index in [-0.39, 0.29) is 5.73 Å². The summed E-state index contributed by atoms with van der Waals surface area (Å²) in [6.45, 7) is 14.6. The number of carbonyl (C=O) groups is 2. The van der Waals surface area contributed by atoms with Gasteiger partial charge in [-0.15, -0.1) is 0 Å². The number of aliphatic hydroxyl groups excluding tert-OH is 1. The summed E-state index contributed by atoms with van der Waals surface area (Å²) in [5.74, 6) is 0. The summed E-state index contributed by atoms with van der Waals surface area (Å²) in [4.78, 5) is 18.6. The van der Waals surface area contributed by atoms with Gasteiger partial charge in [0.1, 0.15) is 10.5 Å². The summed E-state index contributed by atoms with van der Waals surface area (Å²) >= 11 is 0. The fourth-order valence-electron chi connectivity index (χ4n) is 1.59. The van der Waals surface area contributed by atoms with Crippen LogP contribution in [0.5, 0.6) is 0 Å². The van der Waals surface area contributed by atoms with Gasteiger partial charge in [-0.1, -0.05) is 39.8 Å². The Morgan fingerprint density at radius 1 is 1.14 bits per heavy atom. The normalized spacial score (nSPS) is 12.9. The lowest BCUT2D eigenvalue weighted by atomic mass is 10.3. The Balaban J connectivity index is -0.000000151. The van der Waals surface area contributed by atoms with E-state index in [4.69, 9.17) is 9.22 Å². The molecule has 0 bridgehead atoms. The minimum absolute atomic E-state index is 0.0370. The van der Waals surface area contributed by atoms with Gasteiger partial charge in [-0.2, -0.15) is 0 Å². The molecule has 0 aromatic carbocycles. The molecule has 174 valence electrons. The summed E-state index contributed by atoms with van der Waals surface area (Å²) in [5.41, 5.74) is 8.98. The molecule has 0 aliphatic rings. The standard InChI is InChI=1S/C6H20O2Si3.C4H12OSi.2C3H5NO2/c1-4-5-6(7,9)11(2,3)8-10;1-2-3-4(5)6;2*1-2-6-3(4)5/h7H,4-5H2,1-3,9-10H3;4-5H,2-3H2,1,6H3;2*2H,1H2,(H2,4,5). The molecule has 0 fully saturated rings. The second-order valence-electron chi connectivity index (χ2n) is 6.58. The zero-order valence-corrected chi connectivity index (χ0v) is 26.1. The van der Waals surface area contributed by atoms with Gasteiger partial charge in [0.05, 0.1) is 17.4 Å². The van der Waals surface area contributed by atoms with Crippen LogP contribution >= 0.6 is 0 Å². The first kappa shape index (κ1) is 35.2. The Hall–Kier alpha value is -1.23. The average Bonchev–Trinajstić information content (AvgIpc) is 2.56. The smallest absolute Gasteiger partial charge is 0.409 e. The lowest BCUT2D eigenvalue weighted by molar-refractivity contribution is 0.173. The number of hydrogen-bond donors (Lipinski definition) is 4.